The molecular formula is C25H34N2O2. The van der Waals surface area contributed by atoms with E-state index in [0.29, 0.717) is 12.8 Å². The van der Waals surface area contributed by atoms with Crippen LogP contribution in [0.2, 0.25) is 0 Å². The maximum atomic E-state index is 12.0. The van der Waals surface area contributed by atoms with Gasteiger partial charge in [0.1, 0.15) is 0 Å². The van der Waals surface area contributed by atoms with Crippen LogP contribution in [0.4, 0.5) is 11.4 Å². The molecule has 0 aliphatic heterocycles. The van der Waals surface area contributed by atoms with E-state index in [-0.39, 0.29) is 11.8 Å². The van der Waals surface area contributed by atoms with Gasteiger partial charge in [0.25, 0.3) is 0 Å². The van der Waals surface area contributed by atoms with Gasteiger partial charge in [-0.25, -0.2) is 0 Å². The van der Waals surface area contributed by atoms with Crippen LogP contribution in [0.5, 0.6) is 0 Å². The number of benzene rings is 2. The average Bonchev–Trinajstić information content (AvgIpc) is 2.69. The molecule has 0 aliphatic carbocycles. The SMILES string of the molecule is CCCCCC(=O)Nc1cccc(Cc2cccc(NC(=O)CCCCC)c2)c1. The van der Waals surface area contributed by atoms with Crippen molar-refractivity contribution in [2.45, 2.75) is 71.6 Å². The van der Waals surface area contributed by atoms with Gasteiger partial charge in [0.15, 0.2) is 0 Å². The number of unbranched alkanes of at least 4 members (excludes halogenated alkanes) is 4. The Hall–Kier alpha value is -2.62. The highest BCUT2D eigenvalue weighted by molar-refractivity contribution is 5.91. The third-order valence-corrected chi connectivity index (χ3v) is 4.84. The first-order valence-corrected chi connectivity index (χ1v) is 10.9. The third-order valence-electron chi connectivity index (χ3n) is 4.84. The molecule has 0 aromatic heterocycles. The molecular weight excluding hydrogens is 360 g/mol. The van der Waals surface area contributed by atoms with E-state index in [1.807, 2.05) is 36.4 Å². The molecule has 0 heterocycles. The lowest BCUT2D eigenvalue weighted by Crippen LogP contribution is -2.11. The van der Waals surface area contributed by atoms with Crippen LogP contribution in [-0.2, 0) is 16.0 Å². The number of hydrogen-bond donors (Lipinski definition) is 2. The Morgan fingerprint density at radius 2 is 1.14 bits per heavy atom. The number of rotatable bonds is 12. The van der Waals surface area contributed by atoms with Gasteiger partial charge in [0.2, 0.25) is 11.8 Å². The van der Waals surface area contributed by atoms with Gasteiger partial charge in [-0.15, -0.1) is 0 Å². The normalized spacial score (nSPS) is 10.6. The van der Waals surface area contributed by atoms with Crippen LogP contribution in [0.3, 0.4) is 0 Å². The maximum absolute atomic E-state index is 12.0. The van der Waals surface area contributed by atoms with Crippen molar-refractivity contribution in [1.29, 1.82) is 0 Å². The second-order valence-electron chi connectivity index (χ2n) is 7.59. The minimum atomic E-state index is 0.0726. The van der Waals surface area contributed by atoms with E-state index < -0.39 is 0 Å². The van der Waals surface area contributed by atoms with Gasteiger partial charge >= 0.3 is 0 Å². The van der Waals surface area contributed by atoms with Gasteiger partial charge in [-0.3, -0.25) is 9.59 Å². The lowest BCUT2D eigenvalue weighted by atomic mass is 10.0. The van der Waals surface area contributed by atoms with Crippen molar-refractivity contribution in [3.63, 3.8) is 0 Å². The van der Waals surface area contributed by atoms with Gasteiger partial charge in [-0.05, 0) is 54.7 Å². The van der Waals surface area contributed by atoms with E-state index in [9.17, 15) is 9.59 Å². The highest BCUT2D eigenvalue weighted by Crippen LogP contribution is 2.18. The predicted molar refractivity (Wildman–Crippen MR) is 121 cm³/mol. The van der Waals surface area contributed by atoms with Gasteiger partial charge in [-0.1, -0.05) is 63.8 Å². The first-order chi connectivity index (χ1) is 14.1. The van der Waals surface area contributed by atoms with Crippen molar-refractivity contribution in [3.05, 3.63) is 59.7 Å². The molecule has 29 heavy (non-hydrogen) atoms. The molecule has 2 aromatic rings. The van der Waals surface area contributed by atoms with Crippen molar-refractivity contribution in [3.8, 4) is 0 Å². The molecule has 0 saturated carbocycles. The maximum Gasteiger partial charge on any atom is 0.224 e. The van der Waals surface area contributed by atoms with Crippen molar-refractivity contribution in [2.75, 3.05) is 10.6 Å². The fourth-order valence-electron chi connectivity index (χ4n) is 3.27. The Morgan fingerprint density at radius 1 is 0.690 bits per heavy atom. The minimum absolute atomic E-state index is 0.0726. The number of anilines is 2. The zero-order valence-electron chi connectivity index (χ0n) is 17.8. The first-order valence-electron chi connectivity index (χ1n) is 10.9. The second-order valence-corrected chi connectivity index (χ2v) is 7.59. The molecule has 156 valence electrons. The monoisotopic (exact) mass is 394 g/mol. The molecule has 0 spiro atoms. The Balaban J connectivity index is 1.92. The van der Waals surface area contributed by atoms with Crippen LogP contribution in [0, 0.1) is 0 Å². The molecule has 0 aliphatic rings. The fraction of sp³-hybridized carbons (Fsp3) is 0.440. The van der Waals surface area contributed by atoms with E-state index in [1.54, 1.807) is 0 Å². The molecule has 4 nitrogen and oxygen atoms in total. The Labute approximate surface area is 175 Å². The molecule has 4 heteroatoms. The summed E-state index contributed by atoms with van der Waals surface area (Å²) in [6.45, 7) is 4.27. The number of carbonyl (C=O) groups is 2. The summed E-state index contributed by atoms with van der Waals surface area (Å²) in [4.78, 5) is 24.1. The molecule has 0 atom stereocenters. The molecule has 2 rings (SSSR count). The quantitative estimate of drug-likeness (QED) is 0.414. The van der Waals surface area contributed by atoms with Gasteiger partial charge in [0, 0.05) is 24.2 Å². The first kappa shape index (κ1) is 22.7. The lowest BCUT2D eigenvalue weighted by molar-refractivity contribution is -0.117. The molecule has 2 N–H and O–H groups in total. The molecule has 2 aromatic carbocycles. The van der Waals surface area contributed by atoms with Gasteiger partial charge in [0.05, 0.1) is 0 Å². The molecule has 0 bridgehead atoms. The molecule has 0 unspecified atom stereocenters. The zero-order valence-corrected chi connectivity index (χ0v) is 17.8. The predicted octanol–water partition coefficient (Wildman–Crippen LogP) is 6.32. The van der Waals surface area contributed by atoms with Crippen LogP contribution in [-0.4, -0.2) is 11.8 Å². The van der Waals surface area contributed by atoms with Crippen molar-refractivity contribution < 1.29 is 9.59 Å². The topological polar surface area (TPSA) is 58.2 Å². The summed E-state index contributed by atoms with van der Waals surface area (Å²) in [6.07, 6.45) is 8.13. The number of hydrogen-bond acceptors (Lipinski definition) is 2. The molecule has 2 amide bonds. The minimum Gasteiger partial charge on any atom is -0.326 e. The van der Waals surface area contributed by atoms with E-state index in [4.69, 9.17) is 0 Å². The van der Waals surface area contributed by atoms with E-state index in [1.165, 1.54) is 0 Å². The summed E-state index contributed by atoms with van der Waals surface area (Å²) in [5.74, 6) is 0.145. The Bertz CT molecular complexity index is 720. The summed E-state index contributed by atoms with van der Waals surface area (Å²) in [7, 11) is 0. The highest BCUT2D eigenvalue weighted by Gasteiger charge is 2.06. The van der Waals surface area contributed by atoms with Crippen LogP contribution >= 0.6 is 0 Å². The van der Waals surface area contributed by atoms with Gasteiger partial charge in [-0.2, -0.15) is 0 Å². The van der Waals surface area contributed by atoms with Crippen LogP contribution in [0.1, 0.15) is 76.3 Å². The largest absolute Gasteiger partial charge is 0.326 e. The Kier molecular flexibility index (Phi) is 9.98. The van der Waals surface area contributed by atoms with Crippen molar-refractivity contribution in [1.82, 2.24) is 0 Å². The summed E-state index contributed by atoms with van der Waals surface area (Å²) in [6, 6.07) is 15.9. The third kappa shape index (κ3) is 8.95. The van der Waals surface area contributed by atoms with Crippen LogP contribution in [0.25, 0.3) is 0 Å². The molecule has 0 radical (unpaired) electrons. The molecule has 0 fully saturated rings. The Morgan fingerprint density at radius 3 is 1.55 bits per heavy atom. The number of carbonyl (C=O) groups excluding carboxylic acids is 2. The zero-order chi connectivity index (χ0) is 20.9. The summed E-state index contributed by atoms with van der Waals surface area (Å²) in [5, 5.41) is 5.99. The standard InChI is InChI=1S/C25H34N2O2/c1-3-5-7-15-24(28)26-22-13-9-11-20(18-22)17-21-12-10-14-23(19-21)27-25(29)16-8-6-4-2/h9-14,18-19H,3-8,15-17H2,1-2H3,(H,26,28)(H,27,29). The van der Waals surface area contributed by atoms with Gasteiger partial charge < -0.3 is 10.6 Å². The van der Waals surface area contributed by atoms with Crippen LogP contribution in [0.15, 0.2) is 48.5 Å². The summed E-state index contributed by atoms with van der Waals surface area (Å²) >= 11 is 0. The molecule has 0 saturated heterocycles. The van der Waals surface area contributed by atoms with Crippen LogP contribution < -0.4 is 10.6 Å². The number of nitrogens with one attached hydrogen (secondary N) is 2. The lowest BCUT2D eigenvalue weighted by Gasteiger charge is -2.10. The summed E-state index contributed by atoms with van der Waals surface area (Å²) in [5.41, 5.74) is 3.93. The van der Waals surface area contributed by atoms with E-state index in [2.05, 4.69) is 36.6 Å². The fourth-order valence-corrected chi connectivity index (χ4v) is 3.27. The van der Waals surface area contributed by atoms with E-state index in [0.717, 1.165) is 67.4 Å². The highest BCUT2D eigenvalue weighted by atomic mass is 16.2. The number of amides is 2. The average molecular weight is 395 g/mol. The summed E-state index contributed by atoms with van der Waals surface area (Å²) < 4.78 is 0. The van der Waals surface area contributed by atoms with Crippen molar-refractivity contribution in [2.24, 2.45) is 0 Å². The smallest absolute Gasteiger partial charge is 0.224 e. The van der Waals surface area contributed by atoms with Crippen molar-refractivity contribution >= 4 is 23.2 Å². The van der Waals surface area contributed by atoms with E-state index >= 15 is 0 Å². The second kappa shape index (κ2) is 12.8.